The molecule has 0 radical (unpaired) electrons. The quantitative estimate of drug-likeness (QED) is 0.470. The first-order valence-electron chi connectivity index (χ1n) is 3.00. The van der Waals surface area contributed by atoms with Gasteiger partial charge in [-0.2, -0.15) is 0 Å². The first-order chi connectivity index (χ1) is 5.09. The second kappa shape index (κ2) is 3.17. The monoisotopic (exact) mass is 263 g/mol. The van der Waals surface area contributed by atoms with Gasteiger partial charge in [0.25, 0.3) is 0 Å². The van der Waals surface area contributed by atoms with Crippen molar-refractivity contribution in [2.75, 3.05) is 0 Å². The largest absolute Gasteiger partial charge is 0.347 e. The molecule has 1 rings (SSSR count). The van der Waals surface area contributed by atoms with Crippen LogP contribution in [0.5, 0.6) is 0 Å². The Balaban J connectivity index is 3.30. The predicted molar refractivity (Wildman–Crippen MR) is 49.8 cm³/mol. The fraction of sp³-hybridized carbons (Fsp3) is 0.143. The molecule has 0 aliphatic heterocycles. The van der Waals surface area contributed by atoms with Crippen LogP contribution >= 0.6 is 22.6 Å². The van der Waals surface area contributed by atoms with Crippen molar-refractivity contribution in [2.24, 2.45) is 0 Å². The molecule has 0 unspecified atom stereocenters. The van der Waals surface area contributed by atoms with E-state index in [1.54, 1.807) is 0 Å². The summed E-state index contributed by atoms with van der Waals surface area (Å²) in [6.45, 7) is 1.42. The first-order valence-corrected chi connectivity index (χ1v) is 4.08. The molecule has 0 bridgehead atoms. The van der Waals surface area contributed by atoms with Crippen LogP contribution in [0.15, 0.2) is 16.9 Å². The molecule has 1 aromatic heterocycles. The summed E-state index contributed by atoms with van der Waals surface area (Å²) < 4.78 is 0.681. The minimum atomic E-state index is -0.140. The average molecular weight is 263 g/mol. The van der Waals surface area contributed by atoms with Crippen LogP contribution in [0.1, 0.15) is 17.4 Å². The number of hydrogen-bond acceptors (Lipinski definition) is 2. The van der Waals surface area contributed by atoms with Crippen molar-refractivity contribution in [2.45, 2.75) is 6.92 Å². The van der Waals surface area contributed by atoms with E-state index in [9.17, 15) is 9.59 Å². The highest BCUT2D eigenvalue weighted by Crippen LogP contribution is 1.98. The Labute approximate surface area is 77.0 Å². The Morgan fingerprint density at radius 3 is 2.64 bits per heavy atom. The molecule has 58 valence electrons. The van der Waals surface area contributed by atoms with E-state index in [0.717, 1.165) is 0 Å². The number of hydrogen-bond donors (Lipinski definition) is 1. The fourth-order valence-electron chi connectivity index (χ4n) is 0.699. The van der Waals surface area contributed by atoms with Crippen LogP contribution in [0.4, 0.5) is 0 Å². The average Bonchev–Trinajstić information content (AvgIpc) is 1.85. The van der Waals surface area contributed by atoms with Crippen molar-refractivity contribution < 1.29 is 4.79 Å². The summed E-state index contributed by atoms with van der Waals surface area (Å²) in [6.07, 6.45) is 0. The lowest BCUT2D eigenvalue weighted by Crippen LogP contribution is -2.07. The zero-order chi connectivity index (χ0) is 8.43. The lowest BCUT2D eigenvalue weighted by molar-refractivity contribution is 0.101. The molecule has 3 nitrogen and oxygen atoms in total. The Hall–Kier alpha value is -0.650. The zero-order valence-electron chi connectivity index (χ0n) is 5.85. The van der Waals surface area contributed by atoms with Crippen molar-refractivity contribution in [3.05, 3.63) is 31.8 Å². The van der Waals surface area contributed by atoms with Gasteiger partial charge >= 0.3 is 0 Å². The number of aromatic nitrogens is 1. The zero-order valence-corrected chi connectivity index (χ0v) is 8.01. The highest BCUT2D eigenvalue weighted by atomic mass is 127. The Morgan fingerprint density at radius 2 is 2.18 bits per heavy atom. The standard InChI is InChI=1S/C7H6INO2/c1-4(10)6-2-5(11)3-7(8)9-6/h2-3H,1H3,(H,9,11). The SMILES string of the molecule is CC(=O)c1cc(=O)cc(I)[nH]1. The molecule has 4 heteroatoms. The third-order valence-corrected chi connectivity index (χ3v) is 1.77. The number of Topliss-reactive ketones (excluding diaryl/α,β-unsaturated/α-hetero) is 1. The number of halogens is 1. The van der Waals surface area contributed by atoms with Crippen LogP contribution in [-0.2, 0) is 0 Å². The molecule has 1 aromatic rings. The van der Waals surface area contributed by atoms with Crippen LogP contribution in [0.2, 0.25) is 0 Å². The van der Waals surface area contributed by atoms with Crippen LogP contribution in [0.3, 0.4) is 0 Å². The van der Waals surface area contributed by atoms with Crippen molar-refractivity contribution in [3.63, 3.8) is 0 Å². The number of H-pyrrole nitrogens is 1. The molecule has 0 fully saturated rings. The van der Waals surface area contributed by atoms with Crippen LogP contribution in [0.25, 0.3) is 0 Å². The van der Waals surface area contributed by atoms with Gasteiger partial charge in [0, 0.05) is 19.1 Å². The molecule has 0 aromatic carbocycles. The van der Waals surface area contributed by atoms with E-state index in [2.05, 4.69) is 4.98 Å². The van der Waals surface area contributed by atoms with E-state index in [0.29, 0.717) is 9.39 Å². The molecular weight excluding hydrogens is 257 g/mol. The van der Waals surface area contributed by atoms with Crippen molar-refractivity contribution in [1.29, 1.82) is 0 Å². The van der Waals surface area contributed by atoms with E-state index in [1.807, 2.05) is 22.6 Å². The molecule has 11 heavy (non-hydrogen) atoms. The maximum atomic E-state index is 10.8. The first kappa shape index (κ1) is 8.45. The van der Waals surface area contributed by atoms with E-state index in [1.165, 1.54) is 19.1 Å². The fourth-order valence-corrected chi connectivity index (χ4v) is 1.30. The molecule has 0 saturated heterocycles. The number of ketones is 1. The molecule has 1 heterocycles. The van der Waals surface area contributed by atoms with E-state index in [4.69, 9.17) is 0 Å². The minimum Gasteiger partial charge on any atom is -0.347 e. The van der Waals surface area contributed by atoms with Gasteiger partial charge in [-0.1, -0.05) is 0 Å². The molecule has 0 aliphatic rings. The van der Waals surface area contributed by atoms with Gasteiger partial charge in [-0.15, -0.1) is 0 Å². The molecule has 0 amide bonds. The Kier molecular flexibility index (Phi) is 2.43. The summed E-state index contributed by atoms with van der Waals surface area (Å²) in [5.41, 5.74) is 0.222. The highest BCUT2D eigenvalue weighted by molar-refractivity contribution is 14.1. The lowest BCUT2D eigenvalue weighted by Gasteiger charge is -1.95. The van der Waals surface area contributed by atoms with E-state index in [-0.39, 0.29) is 11.2 Å². The molecule has 0 aliphatic carbocycles. The summed E-state index contributed by atoms with van der Waals surface area (Å²) in [6, 6.07) is 2.73. The minimum absolute atomic E-state index is 0.124. The molecule has 0 saturated carbocycles. The molecule has 0 atom stereocenters. The smallest absolute Gasteiger partial charge is 0.183 e. The second-order valence-corrected chi connectivity index (χ2v) is 3.30. The number of carbonyl (C=O) groups is 1. The van der Waals surface area contributed by atoms with Gasteiger partial charge in [0.2, 0.25) is 0 Å². The summed E-state index contributed by atoms with van der Waals surface area (Å²) in [7, 11) is 0. The van der Waals surface area contributed by atoms with Crippen LogP contribution < -0.4 is 5.43 Å². The van der Waals surface area contributed by atoms with E-state index < -0.39 is 0 Å². The number of aromatic amines is 1. The topological polar surface area (TPSA) is 49.9 Å². The molecule has 1 N–H and O–H groups in total. The van der Waals surface area contributed by atoms with Gasteiger partial charge in [-0.25, -0.2) is 0 Å². The number of rotatable bonds is 1. The normalized spacial score (nSPS) is 9.64. The summed E-state index contributed by atoms with van der Waals surface area (Å²) in [5.74, 6) is -0.124. The maximum Gasteiger partial charge on any atom is 0.183 e. The Bertz CT molecular complexity index is 343. The van der Waals surface area contributed by atoms with Crippen molar-refractivity contribution in [1.82, 2.24) is 4.98 Å². The second-order valence-electron chi connectivity index (χ2n) is 2.13. The van der Waals surface area contributed by atoms with Gasteiger partial charge < -0.3 is 4.98 Å². The summed E-state index contributed by atoms with van der Waals surface area (Å²) in [4.78, 5) is 24.4. The number of carbonyl (C=O) groups excluding carboxylic acids is 1. The van der Waals surface area contributed by atoms with Gasteiger partial charge in [0.15, 0.2) is 11.2 Å². The number of nitrogens with one attached hydrogen (secondary N) is 1. The van der Waals surface area contributed by atoms with Crippen LogP contribution in [-0.4, -0.2) is 10.8 Å². The van der Waals surface area contributed by atoms with Crippen molar-refractivity contribution >= 4 is 28.4 Å². The highest BCUT2D eigenvalue weighted by Gasteiger charge is 2.00. The number of pyridine rings is 1. The Morgan fingerprint density at radius 1 is 1.55 bits per heavy atom. The van der Waals surface area contributed by atoms with Crippen LogP contribution in [0, 0.1) is 3.70 Å². The van der Waals surface area contributed by atoms with Gasteiger partial charge in [-0.05, 0) is 22.6 Å². The van der Waals surface area contributed by atoms with Gasteiger partial charge in [-0.3, -0.25) is 9.59 Å². The summed E-state index contributed by atoms with van der Waals surface area (Å²) >= 11 is 1.96. The molecule has 0 spiro atoms. The third-order valence-electron chi connectivity index (χ3n) is 1.19. The van der Waals surface area contributed by atoms with E-state index >= 15 is 0 Å². The van der Waals surface area contributed by atoms with Crippen molar-refractivity contribution in [3.8, 4) is 0 Å². The lowest BCUT2D eigenvalue weighted by atomic mass is 10.3. The van der Waals surface area contributed by atoms with Gasteiger partial charge in [0.1, 0.15) is 0 Å². The molecular formula is C7H6INO2. The van der Waals surface area contributed by atoms with Gasteiger partial charge in [0.05, 0.1) is 9.39 Å². The maximum absolute atomic E-state index is 10.8. The summed E-state index contributed by atoms with van der Waals surface area (Å²) in [5, 5.41) is 0. The third kappa shape index (κ3) is 2.14. The predicted octanol–water partition coefficient (Wildman–Crippen LogP) is 1.18.